The number of aromatic amines is 1. The summed E-state index contributed by atoms with van der Waals surface area (Å²) in [6, 6.07) is 9.30. The monoisotopic (exact) mass is 525 g/mol. The third kappa shape index (κ3) is 5.61. The second kappa shape index (κ2) is 11.1. The van der Waals surface area contributed by atoms with Crippen LogP contribution in [0.2, 0.25) is 0 Å². The van der Waals surface area contributed by atoms with Crippen molar-refractivity contribution in [1.82, 2.24) is 26.1 Å². The Hall–Kier alpha value is -4.03. The van der Waals surface area contributed by atoms with Crippen molar-refractivity contribution in [3.8, 4) is 0 Å². The van der Waals surface area contributed by atoms with Crippen molar-refractivity contribution >= 4 is 57.3 Å². The largest absolute Gasteiger partial charge is 0.480 e. The van der Waals surface area contributed by atoms with Crippen LogP contribution < -0.4 is 16.0 Å². The molecule has 0 bridgehead atoms. The predicted molar refractivity (Wildman–Crippen MR) is 137 cm³/mol. The summed E-state index contributed by atoms with van der Waals surface area (Å²) in [6.45, 7) is 1.84. The number of carbonyl (C=O) groups excluding carboxylic acids is 3. The molecule has 3 heterocycles. The third-order valence-electron chi connectivity index (χ3n) is 5.45. The zero-order valence-electron chi connectivity index (χ0n) is 19.2. The number of nitrogens with zero attached hydrogens (tertiary/aromatic N) is 1. The normalized spacial score (nSPS) is 11.7. The van der Waals surface area contributed by atoms with Crippen molar-refractivity contribution in [3.63, 3.8) is 0 Å². The highest BCUT2D eigenvalue weighted by Gasteiger charge is 2.25. The number of carboxylic acid groups (broad SMARTS) is 1. The van der Waals surface area contributed by atoms with Gasteiger partial charge in [-0.05, 0) is 41.1 Å². The number of hydrogen-bond donors (Lipinski definition) is 5. The Morgan fingerprint density at radius 1 is 1.03 bits per heavy atom. The molecule has 0 spiro atoms. The smallest absolute Gasteiger partial charge is 0.328 e. The molecule has 1 atom stereocenters. The Balaban J connectivity index is 1.41. The van der Waals surface area contributed by atoms with Crippen LogP contribution in [0.3, 0.4) is 0 Å². The fourth-order valence-electron chi connectivity index (χ4n) is 3.56. The molecular formula is C24H23N5O5S2. The van der Waals surface area contributed by atoms with Gasteiger partial charge in [-0.2, -0.15) is 5.10 Å². The Labute approximate surface area is 213 Å². The highest BCUT2D eigenvalue weighted by atomic mass is 32.1. The molecule has 0 aliphatic heterocycles. The van der Waals surface area contributed by atoms with Crippen molar-refractivity contribution in [1.29, 1.82) is 0 Å². The van der Waals surface area contributed by atoms with Crippen LogP contribution in [0, 0.1) is 0 Å². The van der Waals surface area contributed by atoms with Gasteiger partial charge in [0.2, 0.25) is 0 Å². The minimum Gasteiger partial charge on any atom is -0.480 e. The molecule has 0 radical (unpaired) electrons. The van der Waals surface area contributed by atoms with Crippen molar-refractivity contribution in [2.24, 2.45) is 0 Å². The second-order valence-electron chi connectivity index (χ2n) is 7.80. The molecular weight excluding hydrogens is 502 g/mol. The lowest BCUT2D eigenvalue weighted by atomic mass is 10.1. The number of fused-ring (bicyclic) bond motifs is 1. The van der Waals surface area contributed by atoms with E-state index in [-0.39, 0.29) is 23.9 Å². The molecule has 1 aromatic carbocycles. The van der Waals surface area contributed by atoms with Crippen LogP contribution in [-0.4, -0.2) is 51.6 Å². The van der Waals surface area contributed by atoms with E-state index in [1.54, 1.807) is 29.8 Å². The Kier molecular flexibility index (Phi) is 7.76. The first-order valence-electron chi connectivity index (χ1n) is 11.0. The van der Waals surface area contributed by atoms with Gasteiger partial charge in [0.15, 0.2) is 0 Å². The molecule has 0 saturated carbocycles. The van der Waals surface area contributed by atoms with Gasteiger partial charge in [-0.25, -0.2) is 4.79 Å². The van der Waals surface area contributed by atoms with Crippen molar-refractivity contribution in [2.75, 3.05) is 6.54 Å². The lowest BCUT2D eigenvalue weighted by molar-refractivity contribution is -0.139. The van der Waals surface area contributed by atoms with Gasteiger partial charge < -0.3 is 21.1 Å². The van der Waals surface area contributed by atoms with Gasteiger partial charge in [-0.3, -0.25) is 19.5 Å². The van der Waals surface area contributed by atoms with E-state index in [4.69, 9.17) is 0 Å². The summed E-state index contributed by atoms with van der Waals surface area (Å²) in [4.78, 5) is 50.6. The fraction of sp³-hybridized carbons (Fsp3) is 0.208. The van der Waals surface area contributed by atoms with Gasteiger partial charge in [-0.15, -0.1) is 22.7 Å². The minimum atomic E-state index is -1.33. The summed E-state index contributed by atoms with van der Waals surface area (Å²) in [6.07, 6.45) is 2.18. The van der Waals surface area contributed by atoms with Gasteiger partial charge >= 0.3 is 5.97 Å². The summed E-state index contributed by atoms with van der Waals surface area (Å²) in [7, 11) is 0. The molecule has 3 amide bonds. The van der Waals surface area contributed by atoms with Gasteiger partial charge in [0.25, 0.3) is 17.7 Å². The van der Waals surface area contributed by atoms with Crippen molar-refractivity contribution in [3.05, 3.63) is 73.7 Å². The number of aliphatic carboxylic acids is 1. The number of aryl methyl sites for hydroxylation is 1. The first kappa shape index (κ1) is 25.1. The minimum absolute atomic E-state index is 0.260. The van der Waals surface area contributed by atoms with E-state index in [0.29, 0.717) is 21.7 Å². The highest BCUT2D eigenvalue weighted by Crippen LogP contribution is 2.24. The molecule has 4 rings (SSSR count). The van der Waals surface area contributed by atoms with E-state index < -0.39 is 23.8 Å². The van der Waals surface area contributed by atoms with Crippen molar-refractivity contribution in [2.45, 2.75) is 25.9 Å². The van der Waals surface area contributed by atoms with E-state index in [1.807, 2.05) is 25.1 Å². The van der Waals surface area contributed by atoms with E-state index in [1.165, 1.54) is 11.3 Å². The first-order valence-corrected chi connectivity index (χ1v) is 12.7. The van der Waals surface area contributed by atoms with Gasteiger partial charge in [0, 0.05) is 18.5 Å². The van der Waals surface area contributed by atoms with Crippen LogP contribution in [0.25, 0.3) is 10.9 Å². The van der Waals surface area contributed by atoms with Crippen LogP contribution in [-0.2, 0) is 17.8 Å². The lowest BCUT2D eigenvalue weighted by Gasteiger charge is -2.15. The number of nitrogens with one attached hydrogen (secondary N) is 4. The topological polar surface area (TPSA) is 153 Å². The Bertz CT molecular complexity index is 1410. The second-order valence-corrected chi connectivity index (χ2v) is 9.80. The van der Waals surface area contributed by atoms with Crippen LogP contribution in [0.1, 0.15) is 47.1 Å². The number of thiophene rings is 2. The molecule has 10 nitrogen and oxygen atoms in total. The molecule has 12 heteroatoms. The molecule has 0 fully saturated rings. The Morgan fingerprint density at radius 2 is 1.83 bits per heavy atom. The summed E-state index contributed by atoms with van der Waals surface area (Å²) < 4.78 is 0. The average molecular weight is 526 g/mol. The number of hydrogen-bond acceptors (Lipinski definition) is 7. The fourth-order valence-corrected chi connectivity index (χ4v) is 5.27. The number of benzene rings is 1. The molecule has 3 aromatic heterocycles. The molecule has 5 N–H and O–H groups in total. The lowest BCUT2D eigenvalue weighted by Crippen LogP contribution is -2.48. The summed E-state index contributed by atoms with van der Waals surface area (Å²) >= 11 is 2.22. The maximum absolute atomic E-state index is 12.9. The number of carboxylic acids is 1. The van der Waals surface area contributed by atoms with Crippen LogP contribution in [0.4, 0.5) is 0 Å². The SMILES string of the molecule is CCc1cc(C(=O)NCc2cccc3[nH]ncc23)sc1C(=O)NC(CNC(=O)c1cccs1)C(=O)O. The zero-order valence-corrected chi connectivity index (χ0v) is 20.8. The molecule has 186 valence electrons. The number of carbonyl (C=O) groups is 4. The van der Waals surface area contributed by atoms with Crippen LogP contribution in [0.5, 0.6) is 0 Å². The van der Waals surface area contributed by atoms with Crippen LogP contribution >= 0.6 is 22.7 Å². The number of aromatic nitrogens is 2. The molecule has 0 saturated heterocycles. The molecule has 0 aliphatic carbocycles. The highest BCUT2D eigenvalue weighted by molar-refractivity contribution is 7.16. The predicted octanol–water partition coefficient (Wildman–Crippen LogP) is 2.79. The van der Waals surface area contributed by atoms with Crippen molar-refractivity contribution < 1.29 is 24.3 Å². The number of rotatable bonds is 10. The van der Waals surface area contributed by atoms with Gasteiger partial charge in [0.05, 0.1) is 26.3 Å². The quantitative estimate of drug-likeness (QED) is 0.215. The first-order chi connectivity index (χ1) is 17.4. The molecule has 1 unspecified atom stereocenters. The van der Waals surface area contributed by atoms with E-state index in [2.05, 4.69) is 26.1 Å². The Morgan fingerprint density at radius 3 is 2.56 bits per heavy atom. The van der Waals surface area contributed by atoms with Gasteiger partial charge in [0.1, 0.15) is 6.04 Å². The van der Waals surface area contributed by atoms with E-state index >= 15 is 0 Å². The van der Waals surface area contributed by atoms with E-state index in [9.17, 15) is 24.3 Å². The maximum atomic E-state index is 12.9. The maximum Gasteiger partial charge on any atom is 0.328 e. The summed E-state index contributed by atoms with van der Waals surface area (Å²) in [5.74, 6) is -2.65. The molecule has 4 aromatic rings. The summed E-state index contributed by atoms with van der Waals surface area (Å²) in [5, 5.41) is 26.9. The van der Waals surface area contributed by atoms with E-state index in [0.717, 1.165) is 27.8 Å². The molecule has 0 aliphatic rings. The number of H-pyrrole nitrogens is 1. The zero-order chi connectivity index (χ0) is 25.7. The average Bonchev–Trinajstić information content (AvgIpc) is 3.64. The standard InChI is InChI=1S/C24H23N5O5S2/c1-2-13-9-19(22(31)25-10-14-5-3-6-16-15(14)11-27-29-16)36-20(13)23(32)28-17(24(33)34)12-26-21(30)18-7-4-8-35-18/h3-9,11,17H,2,10,12H2,1H3,(H,25,31)(H,26,30)(H,27,29)(H,28,32)(H,33,34). The van der Waals surface area contributed by atoms with Crippen LogP contribution in [0.15, 0.2) is 48.0 Å². The summed E-state index contributed by atoms with van der Waals surface area (Å²) in [5.41, 5.74) is 2.39. The number of amides is 3. The third-order valence-corrected chi connectivity index (χ3v) is 7.49. The van der Waals surface area contributed by atoms with Gasteiger partial charge in [-0.1, -0.05) is 25.1 Å². The molecule has 36 heavy (non-hydrogen) atoms.